The van der Waals surface area contributed by atoms with Gasteiger partial charge in [0.05, 0.1) is 6.20 Å². The number of piperidine rings is 2. The molecule has 6 nitrogen and oxygen atoms in total. The molecule has 0 aliphatic carbocycles. The minimum Gasteiger partial charge on any atom is -0.357 e. The van der Waals surface area contributed by atoms with E-state index in [1.807, 2.05) is 0 Å². The quantitative estimate of drug-likeness (QED) is 0.860. The SMILES string of the molecule is CNc1ncc(Cl)c(N2CCC3NC(=O)CCC3C2)n1. The Labute approximate surface area is 122 Å². The van der Waals surface area contributed by atoms with Crippen LogP contribution < -0.4 is 15.5 Å². The summed E-state index contributed by atoms with van der Waals surface area (Å²) in [6.07, 6.45) is 4.12. The van der Waals surface area contributed by atoms with Gasteiger partial charge in [0, 0.05) is 32.6 Å². The fraction of sp³-hybridized carbons (Fsp3) is 0.615. The first-order valence-corrected chi connectivity index (χ1v) is 7.30. The number of hydrogen-bond donors (Lipinski definition) is 2. The molecule has 2 atom stereocenters. The fourth-order valence-corrected chi connectivity index (χ4v) is 3.21. The fourth-order valence-electron chi connectivity index (χ4n) is 3.00. The Morgan fingerprint density at radius 1 is 1.50 bits per heavy atom. The van der Waals surface area contributed by atoms with Gasteiger partial charge in [-0.1, -0.05) is 11.6 Å². The van der Waals surface area contributed by atoms with Crippen molar-refractivity contribution in [2.45, 2.75) is 25.3 Å². The smallest absolute Gasteiger partial charge is 0.224 e. The highest BCUT2D eigenvalue weighted by atomic mass is 35.5. The number of rotatable bonds is 2. The van der Waals surface area contributed by atoms with Crippen molar-refractivity contribution in [1.82, 2.24) is 15.3 Å². The third-order valence-corrected chi connectivity index (χ3v) is 4.34. The van der Waals surface area contributed by atoms with Gasteiger partial charge in [-0.3, -0.25) is 4.79 Å². The standard InChI is InChI=1S/C13H18ClN5O/c1-15-13-16-6-9(14)12(18-13)19-5-4-10-8(7-19)2-3-11(20)17-10/h6,8,10H,2-5,7H2,1H3,(H,17,20)(H,15,16,18). The van der Waals surface area contributed by atoms with Crippen LogP contribution >= 0.6 is 11.6 Å². The van der Waals surface area contributed by atoms with Crippen LogP contribution in [0, 0.1) is 5.92 Å². The largest absolute Gasteiger partial charge is 0.357 e. The van der Waals surface area contributed by atoms with Crippen LogP contribution in [0.25, 0.3) is 0 Å². The zero-order valence-corrected chi connectivity index (χ0v) is 12.2. The highest BCUT2D eigenvalue weighted by molar-refractivity contribution is 6.32. The molecule has 1 amide bonds. The Kier molecular flexibility index (Phi) is 3.65. The molecule has 2 fully saturated rings. The highest BCUT2D eigenvalue weighted by Crippen LogP contribution is 2.31. The predicted octanol–water partition coefficient (Wildman–Crippen LogP) is 1.28. The summed E-state index contributed by atoms with van der Waals surface area (Å²) in [5.41, 5.74) is 0. The van der Waals surface area contributed by atoms with Crippen LogP contribution in [0.1, 0.15) is 19.3 Å². The molecule has 2 unspecified atom stereocenters. The van der Waals surface area contributed by atoms with Gasteiger partial charge in [0.25, 0.3) is 0 Å². The first-order valence-electron chi connectivity index (χ1n) is 6.92. The lowest BCUT2D eigenvalue weighted by molar-refractivity contribution is -0.124. The molecule has 0 bridgehead atoms. The molecule has 2 saturated heterocycles. The van der Waals surface area contributed by atoms with Crippen molar-refractivity contribution in [3.63, 3.8) is 0 Å². The van der Waals surface area contributed by atoms with Gasteiger partial charge in [0.15, 0.2) is 5.82 Å². The van der Waals surface area contributed by atoms with Crippen molar-refractivity contribution >= 4 is 29.3 Å². The van der Waals surface area contributed by atoms with Crippen LogP contribution in [0.3, 0.4) is 0 Å². The van der Waals surface area contributed by atoms with Crippen LogP contribution in [-0.4, -0.2) is 42.1 Å². The maximum absolute atomic E-state index is 11.4. The maximum Gasteiger partial charge on any atom is 0.224 e. The second-order valence-corrected chi connectivity index (χ2v) is 5.73. The average molecular weight is 296 g/mol. The number of halogens is 1. The lowest BCUT2D eigenvalue weighted by Crippen LogP contribution is -2.54. The lowest BCUT2D eigenvalue weighted by Gasteiger charge is -2.42. The average Bonchev–Trinajstić information content (AvgIpc) is 2.47. The number of anilines is 2. The summed E-state index contributed by atoms with van der Waals surface area (Å²) in [7, 11) is 1.79. The topological polar surface area (TPSA) is 70.2 Å². The molecule has 2 aliphatic rings. The number of carbonyl (C=O) groups is 1. The summed E-state index contributed by atoms with van der Waals surface area (Å²) in [6, 6.07) is 0.303. The Balaban J connectivity index is 1.77. The number of fused-ring (bicyclic) bond motifs is 1. The van der Waals surface area contributed by atoms with Crippen molar-refractivity contribution in [2.75, 3.05) is 30.4 Å². The van der Waals surface area contributed by atoms with Gasteiger partial charge in [-0.2, -0.15) is 4.98 Å². The van der Waals surface area contributed by atoms with E-state index in [1.54, 1.807) is 13.2 Å². The van der Waals surface area contributed by atoms with E-state index in [-0.39, 0.29) is 5.91 Å². The van der Waals surface area contributed by atoms with Gasteiger partial charge in [-0.25, -0.2) is 4.98 Å². The first-order chi connectivity index (χ1) is 9.67. The van der Waals surface area contributed by atoms with Crippen molar-refractivity contribution in [2.24, 2.45) is 5.92 Å². The number of amides is 1. The molecule has 0 aromatic carbocycles. The zero-order chi connectivity index (χ0) is 14.1. The van der Waals surface area contributed by atoms with Crippen LogP contribution in [-0.2, 0) is 4.79 Å². The molecule has 1 aromatic rings. The minimum atomic E-state index is 0.178. The molecule has 2 N–H and O–H groups in total. The monoisotopic (exact) mass is 295 g/mol. The summed E-state index contributed by atoms with van der Waals surface area (Å²) in [6.45, 7) is 1.73. The third kappa shape index (κ3) is 2.52. The van der Waals surface area contributed by atoms with Gasteiger partial charge < -0.3 is 15.5 Å². The summed E-state index contributed by atoms with van der Waals surface area (Å²) >= 11 is 6.22. The van der Waals surface area contributed by atoms with Gasteiger partial charge in [-0.15, -0.1) is 0 Å². The summed E-state index contributed by atoms with van der Waals surface area (Å²) in [4.78, 5) is 22.2. The third-order valence-electron chi connectivity index (χ3n) is 4.07. The van der Waals surface area contributed by atoms with E-state index in [1.165, 1.54) is 0 Å². The summed E-state index contributed by atoms with van der Waals surface area (Å²) in [5.74, 6) is 2.01. The van der Waals surface area contributed by atoms with E-state index in [2.05, 4.69) is 25.5 Å². The van der Waals surface area contributed by atoms with Gasteiger partial charge in [-0.05, 0) is 18.8 Å². The van der Waals surface area contributed by atoms with E-state index in [0.29, 0.717) is 29.4 Å². The van der Waals surface area contributed by atoms with Crippen LogP contribution in [0.5, 0.6) is 0 Å². The first kappa shape index (κ1) is 13.4. The zero-order valence-electron chi connectivity index (χ0n) is 11.4. The molecule has 0 radical (unpaired) electrons. The maximum atomic E-state index is 11.4. The van der Waals surface area contributed by atoms with Gasteiger partial charge in [0.1, 0.15) is 5.02 Å². The second-order valence-electron chi connectivity index (χ2n) is 5.32. The van der Waals surface area contributed by atoms with Crippen LogP contribution in [0.15, 0.2) is 6.20 Å². The van der Waals surface area contributed by atoms with Crippen molar-refractivity contribution in [1.29, 1.82) is 0 Å². The Bertz CT molecular complexity index is 523. The Morgan fingerprint density at radius 2 is 2.35 bits per heavy atom. The molecule has 108 valence electrons. The molecule has 2 aliphatic heterocycles. The number of carbonyl (C=O) groups excluding carboxylic acids is 1. The van der Waals surface area contributed by atoms with Crippen LogP contribution in [0.4, 0.5) is 11.8 Å². The van der Waals surface area contributed by atoms with E-state index in [0.717, 1.165) is 31.7 Å². The molecule has 20 heavy (non-hydrogen) atoms. The lowest BCUT2D eigenvalue weighted by atomic mass is 9.85. The van der Waals surface area contributed by atoms with E-state index in [9.17, 15) is 4.79 Å². The summed E-state index contributed by atoms with van der Waals surface area (Å²) in [5, 5.41) is 6.59. The van der Waals surface area contributed by atoms with Crippen molar-refractivity contribution in [3.05, 3.63) is 11.2 Å². The highest BCUT2D eigenvalue weighted by Gasteiger charge is 2.34. The predicted molar refractivity (Wildman–Crippen MR) is 78.1 cm³/mol. The van der Waals surface area contributed by atoms with Gasteiger partial charge >= 0.3 is 0 Å². The number of nitrogens with one attached hydrogen (secondary N) is 2. The van der Waals surface area contributed by atoms with Gasteiger partial charge in [0.2, 0.25) is 11.9 Å². The normalized spacial score (nSPS) is 25.9. The van der Waals surface area contributed by atoms with E-state index < -0.39 is 0 Å². The summed E-state index contributed by atoms with van der Waals surface area (Å²) < 4.78 is 0. The molecular weight excluding hydrogens is 278 g/mol. The van der Waals surface area contributed by atoms with E-state index in [4.69, 9.17) is 11.6 Å². The Hall–Kier alpha value is -1.56. The minimum absolute atomic E-state index is 0.178. The van der Waals surface area contributed by atoms with E-state index >= 15 is 0 Å². The number of nitrogens with zero attached hydrogens (tertiary/aromatic N) is 3. The molecule has 0 saturated carbocycles. The van der Waals surface area contributed by atoms with Crippen molar-refractivity contribution < 1.29 is 4.79 Å². The molecule has 3 rings (SSSR count). The molecule has 7 heteroatoms. The molecule has 3 heterocycles. The molecular formula is C13H18ClN5O. The number of hydrogen-bond acceptors (Lipinski definition) is 5. The Morgan fingerprint density at radius 3 is 3.15 bits per heavy atom. The second kappa shape index (κ2) is 5.44. The molecule has 0 spiro atoms. The van der Waals surface area contributed by atoms with Crippen LogP contribution in [0.2, 0.25) is 5.02 Å². The van der Waals surface area contributed by atoms with Crippen molar-refractivity contribution in [3.8, 4) is 0 Å². The number of aromatic nitrogens is 2. The molecule has 1 aromatic heterocycles.